The summed E-state index contributed by atoms with van der Waals surface area (Å²) in [7, 11) is 0. The van der Waals surface area contributed by atoms with Gasteiger partial charge in [-0.1, -0.05) is 6.92 Å². The lowest BCUT2D eigenvalue weighted by molar-refractivity contribution is 0.565. The average molecular weight is 265 g/mol. The molecule has 3 heteroatoms. The number of hydrogen-bond donors (Lipinski definition) is 0. The molecule has 0 atom stereocenters. The van der Waals surface area contributed by atoms with Gasteiger partial charge in [-0.15, -0.1) is 0 Å². The predicted molar refractivity (Wildman–Crippen MR) is 51.0 cm³/mol. The summed E-state index contributed by atoms with van der Waals surface area (Å²) in [5.74, 6) is -0.331. The summed E-state index contributed by atoms with van der Waals surface area (Å²) in [5.41, 5.74) is 1.77. The molecule has 0 saturated heterocycles. The number of pyridine rings is 1. The van der Waals surface area contributed by atoms with E-state index in [4.69, 9.17) is 0 Å². The zero-order valence-electron chi connectivity index (χ0n) is 6.49. The molecule has 1 nitrogen and oxygen atoms in total. The highest BCUT2D eigenvalue weighted by Crippen LogP contribution is 2.18. The maximum atomic E-state index is 12.9. The van der Waals surface area contributed by atoms with Crippen molar-refractivity contribution < 1.29 is 4.39 Å². The molecule has 0 aliphatic heterocycles. The third-order valence-electron chi connectivity index (χ3n) is 1.59. The Labute approximate surface area is 79.2 Å². The lowest BCUT2D eigenvalue weighted by Gasteiger charge is -2.03. The lowest BCUT2D eigenvalue weighted by atomic mass is 10.2. The Bertz CT molecular complexity index is 273. The van der Waals surface area contributed by atoms with E-state index in [-0.39, 0.29) is 5.95 Å². The topological polar surface area (TPSA) is 12.9 Å². The highest BCUT2D eigenvalue weighted by molar-refractivity contribution is 14.1. The summed E-state index contributed by atoms with van der Waals surface area (Å²) in [6.07, 6.45) is 2.27. The van der Waals surface area contributed by atoms with Crippen LogP contribution in [0.5, 0.6) is 0 Å². The van der Waals surface area contributed by atoms with Crippen LogP contribution in [0.2, 0.25) is 0 Å². The van der Waals surface area contributed by atoms with E-state index in [9.17, 15) is 4.39 Å². The van der Waals surface area contributed by atoms with Crippen molar-refractivity contribution in [2.24, 2.45) is 0 Å². The van der Waals surface area contributed by atoms with Crippen molar-refractivity contribution in [1.29, 1.82) is 0 Å². The van der Waals surface area contributed by atoms with Gasteiger partial charge in [0.15, 0.2) is 0 Å². The van der Waals surface area contributed by atoms with Crippen molar-refractivity contribution in [2.45, 2.75) is 20.3 Å². The van der Waals surface area contributed by atoms with Crippen molar-refractivity contribution >= 4 is 22.6 Å². The van der Waals surface area contributed by atoms with Gasteiger partial charge in [0.25, 0.3) is 0 Å². The second-order valence-electron chi connectivity index (χ2n) is 2.38. The first-order valence-corrected chi connectivity index (χ1v) is 4.54. The second-order valence-corrected chi connectivity index (χ2v) is 3.46. The van der Waals surface area contributed by atoms with Gasteiger partial charge in [-0.3, -0.25) is 0 Å². The van der Waals surface area contributed by atoms with Gasteiger partial charge in [0.1, 0.15) is 0 Å². The largest absolute Gasteiger partial charge is 0.228 e. The van der Waals surface area contributed by atoms with Crippen LogP contribution in [0.1, 0.15) is 18.1 Å². The Morgan fingerprint density at radius 1 is 1.64 bits per heavy atom. The molecule has 60 valence electrons. The predicted octanol–water partition coefficient (Wildman–Crippen LogP) is 2.70. The van der Waals surface area contributed by atoms with Crippen LogP contribution in [0, 0.1) is 16.4 Å². The molecule has 0 fully saturated rings. The Kier molecular flexibility index (Phi) is 2.81. The van der Waals surface area contributed by atoms with E-state index in [0.717, 1.165) is 14.7 Å². The molecule has 0 radical (unpaired) electrons. The molecule has 0 saturated carbocycles. The zero-order valence-corrected chi connectivity index (χ0v) is 8.65. The van der Waals surface area contributed by atoms with E-state index in [1.54, 1.807) is 6.20 Å². The third kappa shape index (κ3) is 1.69. The van der Waals surface area contributed by atoms with Crippen LogP contribution in [0.25, 0.3) is 0 Å². The molecule has 1 aromatic heterocycles. The number of nitrogens with zero attached hydrogens (tertiary/aromatic N) is 1. The number of aromatic nitrogens is 1. The fraction of sp³-hybridized carbons (Fsp3) is 0.375. The minimum absolute atomic E-state index is 0.331. The Morgan fingerprint density at radius 2 is 2.27 bits per heavy atom. The molecule has 0 aromatic carbocycles. The maximum Gasteiger partial charge on any atom is 0.217 e. The van der Waals surface area contributed by atoms with E-state index in [1.807, 2.05) is 13.8 Å². The second kappa shape index (κ2) is 3.47. The molecule has 0 spiro atoms. The van der Waals surface area contributed by atoms with Gasteiger partial charge < -0.3 is 0 Å². The first kappa shape index (κ1) is 8.90. The summed E-state index contributed by atoms with van der Waals surface area (Å²) in [4.78, 5) is 3.64. The molecule has 1 rings (SSSR count). The van der Waals surface area contributed by atoms with Gasteiger partial charge in [-0.25, -0.2) is 4.98 Å². The highest BCUT2D eigenvalue weighted by Gasteiger charge is 2.07. The molecule has 1 heterocycles. The first-order valence-electron chi connectivity index (χ1n) is 3.46. The molecular formula is C8H9FIN. The van der Waals surface area contributed by atoms with Gasteiger partial charge in [-0.05, 0) is 41.5 Å². The zero-order chi connectivity index (χ0) is 8.43. The summed E-state index contributed by atoms with van der Waals surface area (Å²) in [6, 6.07) is 0. The van der Waals surface area contributed by atoms with E-state index in [0.29, 0.717) is 6.42 Å². The molecule has 11 heavy (non-hydrogen) atoms. The minimum Gasteiger partial charge on any atom is -0.228 e. The molecular weight excluding hydrogens is 256 g/mol. The van der Waals surface area contributed by atoms with Gasteiger partial charge in [0.05, 0.1) is 0 Å². The molecule has 1 aromatic rings. The van der Waals surface area contributed by atoms with Crippen molar-refractivity contribution in [3.8, 4) is 0 Å². The van der Waals surface area contributed by atoms with E-state index >= 15 is 0 Å². The molecule has 0 aliphatic rings. The third-order valence-corrected chi connectivity index (χ3v) is 3.09. The van der Waals surface area contributed by atoms with Crippen molar-refractivity contribution in [3.63, 3.8) is 0 Å². The van der Waals surface area contributed by atoms with Gasteiger partial charge >= 0.3 is 0 Å². The average Bonchev–Trinajstić information content (AvgIpc) is 1.99. The summed E-state index contributed by atoms with van der Waals surface area (Å²) >= 11 is 2.15. The van der Waals surface area contributed by atoms with Crippen LogP contribution in [0.15, 0.2) is 6.20 Å². The van der Waals surface area contributed by atoms with E-state index in [1.165, 1.54) is 0 Å². The van der Waals surface area contributed by atoms with Crippen molar-refractivity contribution in [3.05, 3.63) is 26.8 Å². The molecule has 0 aliphatic carbocycles. The normalized spacial score (nSPS) is 10.2. The van der Waals surface area contributed by atoms with Gasteiger partial charge in [0, 0.05) is 15.3 Å². The SMILES string of the molecule is CCc1c(F)ncc(C)c1I. The van der Waals surface area contributed by atoms with Crippen LogP contribution in [-0.4, -0.2) is 4.98 Å². The Balaban J connectivity index is 3.29. The van der Waals surface area contributed by atoms with Crippen LogP contribution < -0.4 is 0 Å². The summed E-state index contributed by atoms with van der Waals surface area (Å²) < 4.78 is 13.9. The first-order chi connectivity index (χ1) is 5.16. The molecule has 0 amide bonds. The Morgan fingerprint density at radius 3 is 2.73 bits per heavy atom. The van der Waals surface area contributed by atoms with Crippen LogP contribution in [-0.2, 0) is 6.42 Å². The number of rotatable bonds is 1. The van der Waals surface area contributed by atoms with Crippen molar-refractivity contribution in [1.82, 2.24) is 4.98 Å². The summed E-state index contributed by atoms with van der Waals surface area (Å²) in [6.45, 7) is 3.87. The number of halogens is 2. The van der Waals surface area contributed by atoms with Gasteiger partial charge in [0.2, 0.25) is 5.95 Å². The monoisotopic (exact) mass is 265 g/mol. The van der Waals surface area contributed by atoms with E-state index < -0.39 is 0 Å². The minimum atomic E-state index is -0.331. The number of aryl methyl sites for hydroxylation is 1. The van der Waals surface area contributed by atoms with Crippen LogP contribution >= 0.6 is 22.6 Å². The van der Waals surface area contributed by atoms with Gasteiger partial charge in [-0.2, -0.15) is 4.39 Å². The standard InChI is InChI=1S/C8H9FIN/c1-3-6-7(10)5(2)4-11-8(6)9/h4H,3H2,1-2H3. The van der Waals surface area contributed by atoms with E-state index in [2.05, 4.69) is 27.6 Å². The fourth-order valence-electron chi connectivity index (χ4n) is 0.918. The molecule has 0 unspecified atom stereocenters. The summed E-state index contributed by atoms with van der Waals surface area (Å²) in [5, 5.41) is 0. The quantitative estimate of drug-likeness (QED) is 0.562. The van der Waals surface area contributed by atoms with Crippen LogP contribution in [0.4, 0.5) is 4.39 Å². The van der Waals surface area contributed by atoms with Crippen LogP contribution in [0.3, 0.4) is 0 Å². The molecule has 0 N–H and O–H groups in total. The van der Waals surface area contributed by atoms with Crippen molar-refractivity contribution in [2.75, 3.05) is 0 Å². The fourth-order valence-corrected chi connectivity index (χ4v) is 1.66. The Hall–Kier alpha value is -0.190. The number of hydrogen-bond acceptors (Lipinski definition) is 1. The molecule has 0 bridgehead atoms. The highest BCUT2D eigenvalue weighted by atomic mass is 127. The maximum absolute atomic E-state index is 12.9. The smallest absolute Gasteiger partial charge is 0.217 e. The lowest BCUT2D eigenvalue weighted by Crippen LogP contribution is -1.98.